The van der Waals surface area contributed by atoms with Gasteiger partial charge in [-0.2, -0.15) is 0 Å². The SMILES string of the molecule is O=C(COC(=O)c1ccc(NC(=O)c2cccs2)cc1)NCc1ccccc1Cl. The zero-order chi connectivity index (χ0) is 20.6. The van der Waals surface area contributed by atoms with Gasteiger partial charge >= 0.3 is 5.97 Å². The monoisotopic (exact) mass is 428 g/mol. The van der Waals surface area contributed by atoms with Gasteiger partial charge in [0.05, 0.1) is 10.4 Å². The van der Waals surface area contributed by atoms with Crippen LogP contribution in [0, 0.1) is 0 Å². The first-order chi connectivity index (χ1) is 14.0. The molecule has 0 unspecified atom stereocenters. The lowest BCUT2D eigenvalue weighted by atomic mass is 10.2. The van der Waals surface area contributed by atoms with Crippen LogP contribution in [0.4, 0.5) is 5.69 Å². The molecule has 3 rings (SSSR count). The third-order valence-corrected chi connectivity index (χ3v) is 5.13. The van der Waals surface area contributed by atoms with Crippen molar-refractivity contribution in [2.75, 3.05) is 11.9 Å². The maximum absolute atomic E-state index is 12.1. The van der Waals surface area contributed by atoms with Gasteiger partial charge in [-0.05, 0) is 47.3 Å². The first-order valence-corrected chi connectivity index (χ1v) is 9.91. The van der Waals surface area contributed by atoms with Crippen LogP contribution < -0.4 is 10.6 Å². The molecule has 2 amide bonds. The number of nitrogens with one attached hydrogen (secondary N) is 2. The molecule has 1 heterocycles. The van der Waals surface area contributed by atoms with Crippen LogP contribution in [0.25, 0.3) is 0 Å². The second kappa shape index (κ2) is 9.86. The highest BCUT2D eigenvalue weighted by molar-refractivity contribution is 7.12. The highest BCUT2D eigenvalue weighted by atomic mass is 35.5. The largest absolute Gasteiger partial charge is 0.452 e. The summed E-state index contributed by atoms with van der Waals surface area (Å²) in [6, 6.07) is 16.9. The number of anilines is 1. The van der Waals surface area contributed by atoms with Crippen molar-refractivity contribution in [3.8, 4) is 0 Å². The van der Waals surface area contributed by atoms with Gasteiger partial charge in [0.25, 0.3) is 11.8 Å². The van der Waals surface area contributed by atoms with Gasteiger partial charge in [0.2, 0.25) is 0 Å². The van der Waals surface area contributed by atoms with Gasteiger partial charge < -0.3 is 15.4 Å². The quantitative estimate of drug-likeness (QED) is 0.554. The molecule has 2 N–H and O–H groups in total. The lowest BCUT2D eigenvalue weighted by Crippen LogP contribution is -2.28. The molecular formula is C21H17ClN2O4S. The molecule has 0 radical (unpaired) electrons. The molecule has 3 aromatic rings. The fourth-order valence-electron chi connectivity index (χ4n) is 2.39. The van der Waals surface area contributed by atoms with Gasteiger partial charge in [0.15, 0.2) is 6.61 Å². The molecule has 0 saturated heterocycles. The van der Waals surface area contributed by atoms with E-state index in [-0.39, 0.29) is 18.0 Å². The summed E-state index contributed by atoms with van der Waals surface area (Å²) in [6.07, 6.45) is 0. The lowest BCUT2D eigenvalue weighted by molar-refractivity contribution is -0.124. The second-order valence-electron chi connectivity index (χ2n) is 5.95. The second-order valence-corrected chi connectivity index (χ2v) is 7.31. The molecule has 0 atom stereocenters. The highest BCUT2D eigenvalue weighted by Gasteiger charge is 2.12. The van der Waals surface area contributed by atoms with E-state index in [4.69, 9.17) is 16.3 Å². The molecule has 1 aromatic heterocycles. The number of carbonyl (C=O) groups is 3. The zero-order valence-electron chi connectivity index (χ0n) is 15.2. The highest BCUT2D eigenvalue weighted by Crippen LogP contribution is 2.15. The summed E-state index contributed by atoms with van der Waals surface area (Å²) in [5.41, 5.74) is 1.60. The van der Waals surface area contributed by atoms with Crippen LogP contribution in [0.15, 0.2) is 66.0 Å². The van der Waals surface area contributed by atoms with Gasteiger partial charge in [-0.25, -0.2) is 4.79 Å². The minimum absolute atomic E-state index is 0.217. The topological polar surface area (TPSA) is 84.5 Å². The predicted octanol–water partition coefficient (Wildman–Crippen LogP) is 4.13. The number of halogens is 1. The lowest BCUT2D eigenvalue weighted by Gasteiger charge is -2.08. The van der Waals surface area contributed by atoms with E-state index in [1.165, 1.54) is 23.5 Å². The van der Waals surface area contributed by atoms with Crippen molar-refractivity contribution in [3.05, 3.63) is 87.1 Å². The van der Waals surface area contributed by atoms with Gasteiger partial charge in [-0.3, -0.25) is 9.59 Å². The Morgan fingerprint density at radius 1 is 0.966 bits per heavy atom. The van der Waals surface area contributed by atoms with E-state index in [2.05, 4.69) is 10.6 Å². The summed E-state index contributed by atoms with van der Waals surface area (Å²) in [6.45, 7) is -0.158. The van der Waals surface area contributed by atoms with Crippen LogP contribution in [0.5, 0.6) is 0 Å². The summed E-state index contributed by atoms with van der Waals surface area (Å²) < 4.78 is 5.02. The molecule has 148 valence electrons. The van der Waals surface area contributed by atoms with Crippen molar-refractivity contribution >= 4 is 46.4 Å². The van der Waals surface area contributed by atoms with Crippen molar-refractivity contribution < 1.29 is 19.1 Å². The maximum Gasteiger partial charge on any atom is 0.338 e. The molecule has 0 aliphatic heterocycles. The number of thiophene rings is 1. The molecule has 29 heavy (non-hydrogen) atoms. The Hall–Kier alpha value is -3.16. The summed E-state index contributed by atoms with van der Waals surface area (Å²) in [5, 5.41) is 7.76. The zero-order valence-corrected chi connectivity index (χ0v) is 16.8. The average Bonchev–Trinajstić information content (AvgIpc) is 3.27. The van der Waals surface area contributed by atoms with Gasteiger partial charge in [-0.15, -0.1) is 11.3 Å². The molecular weight excluding hydrogens is 412 g/mol. The third kappa shape index (κ3) is 5.91. The Morgan fingerprint density at radius 3 is 2.41 bits per heavy atom. The summed E-state index contributed by atoms with van der Waals surface area (Å²) in [4.78, 5) is 36.6. The number of benzene rings is 2. The molecule has 6 nitrogen and oxygen atoms in total. The van der Waals surface area contributed by atoms with Crippen molar-refractivity contribution in [1.82, 2.24) is 5.32 Å². The standard InChI is InChI=1S/C21H17ClN2O4S/c22-17-5-2-1-4-15(17)12-23-19(25)13-28-21(27)14-7-9-16(10-8-14)24-20(26)18-6-3-11-29-18/h1-11H,12-13H2,(H,23,25)(H,24,26). The van der Waals surface area contributed by atoms with Crippen LogP contribution in [0.2, 0.25) is 5.02 Å². The van der Waals surface area contributed by atoms with Crippen LogP contribution in [0.3, 0.4) is 0 Å². The average molecular weight is 429 g/mol. The normalized spacial score (nSPS) is 10.2. The molecule has 2 aromatic carbocycles. The number of amides is 2. The van der Waals surface area contributed by atoms with Gasteiger partial charge in [0.1, 0.15) is 0 Å². The number of carbonyl (C=O) groups excluding carboxylic acids is 3. The number of hydrogen-bond donors (Lipinski definition) is 2. The van der Waals surface area contributed by atoms with Crippen molar-refractivity contribution in [2.24, 2.45) is 0 Å². The van der Waals surface area contributed by atoms with E-state index in [0.29, 0.717) is 15.6 Å². The van der Waals surface area contributed by atoms with Crippen LogP contribution >= 0.6 is 22.9 Å². The minimum Gasteiger partial charge on any atom is -0.452 e. The molecule has 0 aliphatic carbocycles. The maximum atomic E-state index is 12.1. The Bertz CT molecular complexity index is 1000. The van der Waals surface area contributed by atoms with Crippen molar-refractivity contribution in [1.29, 1.82) is 0 Å². The Morgan fingerprint density at radius 2 is 1.72 bits per heavy atom. The third-order valence-electron chi connectivity index (χ3n) is 3.89. The summed E-state index contributed by atoms with van der Waals surface area (Å²) in [5.74, 6) is -1.28. The number of ether oxygens (including phenoxy) is 1. The molecule has 0 fully saturated rings. The van der Waals surface area contributed by atoms with E-state index in [9.17, 15) is 14.4 Å². The first kappa shape index (κ1) is 20.6. The number of rotatable bonds is 7. The smallest absolute Gasteiger partial charge is 0.338 e. The predicted molar refractivity (Wildman–Crippen MR) is 112 cm³/mol. The van der Waals surface area contributed by atoms with Crippen molar-refractivity contribution in [2.45, 2.75) is 6.54 Å². The molecule has 0 aliphatic rings. The van der Waals surface area contributed by atoms with E-state index in [1.54, 1.807) is 42.5 Å². The molecule has 0 bridgehead atoms. The van der Waals surface area contributed by atoms with Crippen molar-refractivity contribution in [3.63, 3.8) is 0 Å². The molecule has 0 saturated carbocycles. The number of hydrogen-bond acceptors (Lipinski definition) is 5. The fourth-order valence-corrected chi connectivity index (χ4v) is 3.21. The van der Waals surface area contributed by atoms with E-state index in [1.807, 2.05) is 11.4 Å². The number of esters is 1. The Labute approximate surface area is 176 Å². The summed E-state index contributed by atoms with van der Waals surface area (Å²) >= 11 is 7.37. The Kier molecular flexibility index (Phi) is 6.99. The Balaban J connectivity index is 1.46. The molecule has 8 heteroatoms. The van der Waals surface area contributed by atoms with Gasteiger partial charge in [0, 0.05) is 17.3 Å². The van der Waals surface area contributed by atoms with E-state index < -0.39 is 18.5 Å². The van der Waals surface area contributed by atoms with Crippen LogP contribution in [-0.4, -0.2) is 24.4 Å². The molecule has 0 spiro atoms. The fraction of sp³-hybridized carbons (Fsp3) is 0.0952. The van der Waals surface area contributed by atoms with Gasteiger partial charge in [-0.1, -0.05) is 35.9 Å². The first-order valence-electron chi connectivity index (χ1n) is 8.65. The van der Waals surface area contributed by atoms with E-state index in [0.717, 1.165) is 5.56 Å². The minimum atomic E-state index is -0.631. The van der Waals surface area contributed by atoms with E-state index >= 15 is 0 Å². The van der Waals surface area contributed by atoms with Crippen LogP contribution in [0.1, 0.15) is 25.6 Å². The van der Waals surface area contributed by atoms with Crippen LogP contribution in [-0.2, 0) is 16.1 Å². The summed E-state index contributed by atoms with van der Waals surface area (Å²) in [7, 11) is 0.